The zero-order valence-electron chi connectivity index (χ0n) is 16.9. The van der Waals surface area contributed by atoms with Gasteiger partial charge in [0.15, 0.2) is 0 Å². The largest absolute Gasteiger partial charge is 0.481 e. The van der Waals surface area contributed by atoms with Gasteiger partial charge in [0, 0.05) is 32.6 Å². The molecule has 0 unspecified atom stereocenters. The lowest BCUT2D eigenvalue weighted by molar-refractivity contribution is -0.139. The molecule has 8 heteroatoms. The summed E-state index contributed by atoms with van der Waals surface area (Å²) in [5, 5.41) is 12.1. The van der Waals surface area contributed by atoms with E-state index in [9.17, 15) is 19.5 Å². The Kier molecular flexibility index (Phi) is 7.77. The summed E-state index contributed by atoms with van der Waals surface area (Å²) in [6, 6.07) is 1.61. The molecule has 0 bridgehead atoms. The van der Waals surface area contributed by atoms with Crippen LogP contribution in [0.3, 0.4) is 0 Å². The number of nitrogens with one attached hydrogen (secondary N) is 1. The number of carbonyl (C=O) groups is 2. The van der Waals surface area contributed by atoms with E-state index in [0.717, 1.165) is 24.1 Å². The molecule has 0 spiro atoms. The van der Waals surface area contributed by atoms with Crippen molar-refractivity contribution in [3.8, 4) is 0 Å². The van der Waals surface area contributed by atoms with Gasteiger partial charge in [0.05, 0.1) is 18.6 Å². The molecule has 2 N–H and O–H groups in total. The van der Waals surface area contributed by atoms with Crippen molar-refractivity contribution in [1.29, 1.82) is 0 Å². The topological polar surface area (TPSA) is 107 Å². The van der Waals surface area contributed by atoms with Crippen LogP contribution in [-0.2, 0) is 27.2 Å². The molecule has 0 atom stereocenters. The molecule has 28 heavy (non-hydrogen) atoms. The van der Waals surface area contributed by atoms with E-state index in [1.165, 1.54) is 0 Å². The van der Waals surface area contributed by atoms with Gasteiger partial charge < -0.3 is 24.5 Å². The van der Waals surface area contributed by atoms with E-state index >= 15 is 0 Å². The first kappa shape index (κ1) is 22.1. The Morgan fingerprint density at radius 2 is 2.04 bits per heavy atom. The van der Waals surface area contributed by atoms with E-state index in [1.54, 1.807) is 17.7 Å². The Morgan fingerprint density at radius 1 is 1.36 bits per heavy atom. The first-order valence-corrected chi connectivity index (χ1v) is 9.68. The molecule has 0 saturated carbocycles. The average molecular weight is 394 g/mol. The van der Waals surface area contributed by atoms with Crippen molar-refractivity contribution in [2.24, 2.45) is 0 Å². The van der Waals surface area contributed by atoms with Crippen molar-refractivity contribution >= 4 is 11.9 Å². The molecule has 1 fully saturated rings. The number of methoxy groups -OCH3 is 1. The van der Waals surface area contributed by atoms with Gasteiger partial charge in [0.2, 0.25) is 0 Å². The van der Waals surface area contributed by atoms with Crippen molar-refractivity contribution in [2.75, 3.05) is 26.9 Å². The fourth-order valence-corrected chi connectivity index (χ4v) is 3.70. The third kappa shape index (κ3) is 5.20. The third-order valence-electron chi connectivity index (χ3n) is 5.19. The van der Waals surface area contributed by atoms with Crippen LogP contribution in [0, 0.1) is 6.92 Å². The number of amides is 1. The summed E-state index contributed by atoms with van der Waals surface area (Å²) < 4.78 is 12.0. The van der Waals surface area contributed by atoms with Crippen LogP contribution in [0.2, 0.25) is 0 Å². The van der Waals surface area contributed by atoms with Crippen LogP contribution in [0.25, 0.3) is 0 Å². The van der Waals surface area contributed by atoms with Gasteiger partial charge in [-0.05, 0) is 37.8 Å². The molecule has 1 aliphatic heterocycles. The predicted octanol–water partition coefficient (Wildman–Crippen LogP) is 1.51. The third-order valence-corrected chi connectivity index (χ3v) is 5.19. The number of aryl methyl sites for hydroxylation is 1. The lowest BCUT2D eigenvalue weighted by Gasteiger charge is -2.36. The van der Waals surface area contributed by atoms with Crippen molar-refractivity contribution < 1.29 is 24.2 Å². The second-order valence-electron chi connectivity index (χ2n) is 7.30. The SMILES string of the molecule is CCCc1c(C)cc(C(=O)NC2(CC(=O)O)CCOCC2)c(=O)n1CCOC. The number of hydrogen-bond donors (Lipinski definition) is 2. The molecule has 156 valence electrons. The zero-order chi connectivity index (χ0) is 20.7. The second kappa shape index (κ2) is 9.84. The summed E-state index contributed by atoms with van der Waals surface area (Å²) in [5.41, 5.74) is 0.515. The lowest BCUT2D eigenvalue weighted by Crippen LogP contribution is -2.54. The maximum absolute atomic E-state index is 13.0. The Morgan fingerprint density at radius 3 is 2.61 bits per heavy atom. The normalized spacial score (nSPS) is 16.0. The van der Waals surface area contributed by atoms with Crippen LogP contribution in [-0.4, -0.2) is 54.0 Å². The quantitative estimate of drug-likeness (QED) is 0.657. The highest BCUT2D eigenvalue weighted by Crippen LogP contribution is 2.25. The van der Waals surface area contributed by atoms with Crippen molar-refractivity contribution in [1.82, 2.24) is 9.88 Å². The van der Waals surface area contributed by atoms with Crippen molar-refractivity contribution in [3.63, 3.8) is 0 Å². The maximum Gasteiger partial charge on any atom is 0.305 e. The number of aliphatic carboxylic acids is 1. The zero-order valence-corrected chi connectivity index (χ0v) is 16.9. The summed E-state index contributed by atoms with van der Waals surface area (Å²) in [6.07, 6.45) is 2.20. The van der Waals surface area contributed by atoms with E-state index in [-0.39, 0.29) is 17.5 Å². The summed E-state index contributed by atoms with van der Waals surface area (Å²) in [5.74, 6) is -1.53. The number of carbonyl (C=O) groups excluding carboxylic acids is 1. The van der Waals surface area contributed by atoms with E-state index in [4.69, 9.17) is 9.47 Å². The molecular formula is C20H30N2O6. The van der Waals surface area contributed by atoms with Crippen molar-refractivity contribution in [3.05, 3.63) is 33.2 Å². The molecule has 1 aliphatic rings. The summed E-state index contributed by atoms with van der Waals surface area (Å²) in [4.78, 5) is 37.3. The van der Waals surface area contributed by atoms with Crippen LogP contribution >= 0.6 is 0 Å². The minimum atomic E-state index is -0.992. The summed E-state index contributed by atoms with van der Waals surface area (Å²) in [6.45, 7) is 5.39. The highest BCUT2D eigenvalue weighted by molar-refractivity contribution is 5.95. The molecular weight excluding hydrogens is 364 g/mol. The molecule has 1 amide bonds. The number of hydrogen-bond acceptors (Lipinski definition) is 5. The van der Waals surface area contributed by atoms with Crippen molar-refractivity contribution in [2.45, 2.75) is 58.0 Å². The molecule has 1 aromatic rings. The predicted molar refractivity (Wildman–Crippen MR) is 104 cm³/mol. The number of nitrogens with zero attached hydrogens (tertiary/aromatic N) is 1. The van der Waals surface area contributed by atoms with Gasteiger partial charge in [-0.1, -0.05) is 13.3 Å². The standard InChI is InChI=1S/C20H30N2O6/c1-4-5-16-14(2)12-15(19(26)22(16)8-11-27-3)18(25)21-20(13-17(23)24)6-9-28-10-7-20/h12H,4-11,13H2,1-3H3,(H,21,25)(H,23,24). The van der Waals surface area contributed by atoms with Crippen LogP contribution in [0.15, 0.2) is 10.9 Å². The van der Waals surface area contributed by atoms with Gasteiger partial charge in [-0.2, -0.15) is 0 Å². The molecule has 0 aliphatic carbocycles. The fourth-order valence-electron chi connectivity index (χ4n) is 3.70. The van der Waals surface area contributed by atoms with Gasteiger partial charge in [0.1, 0.15) is 5.56 Å². The van der Waals surface area contributed by atoms with E-state index in [0.29, 0.717) is 39.2 Å². The molecule has 1 saturated heterocycles. The first-order valence-electron chi connectivity index (χ1n) is 9.68. The second-order valence-corrected chi connectivity index (χ2v) is 7.30. The molecule has 0 aromatic carbocycles. The number of carboxylic acids is 1. The Labute approximate surface area is 164 Å². The van der Waals surface area contributed by atoms with Gasteiger partial charge in [-0.3, -0.25) is 14.4 Å². The van der Waals surface area contributed by atoms with Crippen LogP contribution in [0.5, 0.6) is 0 Å². The lowest BCUT2D eigenvalue weighted by atomic mass is 9.86. The Balaban J connectivity index is 2.39. The summed E-state index contributed by atoms with van der Waals surface area (Å²) in [7, 11) is 1.56. The average Bonchev–Trinajstić information content (AvgIpc) is 2.64. The maximum atomic E-state index is 13.0. The highest BCUT2D eigenvalue weighted by Gasteiger charge is 2.37. The number of pyridine rings is 1. The van der Waals surface area contributed by atoms with Gasteiger partial charge in [-0.15, -0.1) is 0 Å². The molecule has 0 radical (unpaired) electrons. The molecule has 1 aromatic heterocycles. The van der Waals surface area contributed by atoms with Gasteiger partial charge in [0.25, 0.3) is 11.5 Å². The monoisotopic (exact) mass is 394 g/mol. The van der Waals surface area contributed by atoms with Crippen LogP contribution < -0.4 is 10.9 Å². The highest BCUT2D eigenvalue weighted by atomic mass is 16.5. The first-order chi connectivity index (χ1) is 13.3. The minimum absolute atomic E-state index is 0.0321. The summed E-state index contributed by atoms with van der Waals surface area (Å²) >= 11 is 0. The Bertz CT molecular complexity index is 765. The number of carboxylic acid groups (broad SMARTS) is 1. The number of rotatable bonds is 9. The smallest absolute Gasteiger partial charge is 0.305 e. The van der Waals surface area contributed by atoms with E-state index in [1.807, 2.05) is 13.8 Å². The molecule has 8 nitrogen and oxygen atoms in total. The van der Waals surface area contributed by atoms with E-state index < -0.39 is 17.4 Å². The van der Waals surface area contributed by atoms with E-state index in [2.05, 4.69) is 5.32 Å². The van der Waals surface area contributed by atoms with Gasteiger partial charge >= 0.3 is 5.97 Å². The fraction of sp³-hybridized carbons (Fsp3) is 0.650. The Hall–Kier alpha value is -2.19. The van der Waals surface area contributed by atoms with Gasteiger partial charge in [-0.25, -0.2) is 0 Å². The molecule has 2 heterocycles. The number of ether oxygens (including phenoxy) is 2. The molecule has 2 rings (SSSR count). The van der Waals surface area contributed by atoms with Crippen LogP contribution in [0.4, 0.5) is 0 Å². The minimum Gasteiger partial charge on any atom is -0.481 e. The van der Waals surface area contributed by atoms with Crippen LogP contribution in [0.1, 0.15) is 54.2 Å². The number of aromatic nitrogens is 1.